The molecule has 9 heteroatoms. The minimum Gasteiger partial charge on any atom is -0.469 e. The second-order valence-corrected chi connectivity index (χ2v) is 5.53. The average Bonchev–Trinajstić information content (AvgIpc) is 2.85. The normalized spacial score (nSPS) is 17.0. The zero-order valence-electron chi connectivity index (χ0n) is 11.0. The highest BCUT2D eigenvalue weighted by Gasteiger charge is 2.29. The van der Waals surface area contributed by atoms with Crippen LogP contribution in [0.1, 0.15) is 5.56 Å². The molecule has 3 heterocycles. The molecule has 110 valence electrons. The van der Waals surface area contributed by atoms with Crippen LogP contribution in [-0.4, -0.2) is 32.2 Å². The summed E-state index contributed by atoms with van der Waals surface area (Å²) in [4.78, 5) is 18.1. The van der Waals surface area contributed by atoms with E-state index in [-0.39, 0.29) is 24.5 Å². The third-order valence-electron chi connectivity index (χ3n) is 2.99. The third kappa shape index (κ3) is 2.82. The van der Waals surface area contributed by atoms with Gasteiger partial charge >= 0.3 is 11.8 Å². The minimum atomic E-state index is -0.551. The topological polar surface area (TPSA) is 92.3 Å². The number of aryl methyl sites for hydroxylation is 1. The molecule has 1 aliphatic heterocycles. The quantitative estimate of drug-likeness (QED) is 0.618. The summed E-state index contributed by atoms with van der Waals surface area (Å²) in [5.74, 6) is 0.286. The van der Waals surface area contributed by atoms with Crippen LogP contribution < -0.4 is 9.47 Å². The van der Waals surface area contributed by atoms with Gasteiger partial charge in [-0.2, -0.15) is 0 Å². The standard InChI is InChI=1S/C12H11BrN4O4/c1-7-2-8(13)3-14-11(7)21-9-4-16-5-10(17(18)19)15-12(16)20-6-9/h2-3,5,9H,4,6H2,1H3/t9-/m0/s1. The van der Waals surface area contributed by atoms with Crippen LogP contribution in [0.25, 0.3) is 0 Å². The first kappa shape index (κ1) is 13.8. The van der Waals surface area contributed by atoms with Crippen LogP contribution >= 0.6 is 15.9 Å². The Morgan fingerprint density at radius 3 is 3.14 bits per heavy atom. The molecule has 0 amide bonds. The molecular weight excluding hydrogens is 344 g/mol. The lowest BCUT2D eigenvalue weighted by Crippen LogP contribution is -2.34. The van der Waals surface area contributed by atoms with Crippen molar-refractivity contribution in [2.45, 2.75) is 19.6 Å². The van der Waals surface area contributed by atoms with Crippen molar-refractivity contribution >= 4 is 21.7 Å². The SMILES string of the molecule is Cc1cc(Br)cnc1O[C@@H]1COc2nc([N+](=O)[O-])cn2C1. The van der Waals surface area contributed by atoms with Crippen LogP contribution in [0.4, 0.5) is 5.82 Å². The number of rotatable bonds is 3. The number of ether oxygens (including phenoxy) is 2. The van der Waals surface area contributed by atoms with Crippen LogP contribution in [0, 0.1) is 17.0 Å². The minimum absolute atomic E-state index is 0.233. The van der Waals surface area contributed by atoms with Gasteiger partial charge in [-0.25, -0.2) is 4.98 Å². The van der Waals surface area contributed by atoms with E-state index in [0.29, 0.717) is 12.4 Å². The maximum Gasteiger partial charge on any atom is 0.414 e. The molecular formula is C12H11BrN4O4. The fourth-order valence-corrected chi connectivity index (χ4v) is 2.49. The molecule has 8 nitrogen and oxygen atoms in total. The molecule has 21 heavy (non-hydrogen) atoms. The van der Waals surface area contributed by atoms with Gasteiger partial charge in [0.25, 0.3) is 0 Å². The van der Waals surface area contributed by atoms with Crippen molar-refractivity contribution in [2.24, 2.45) is 0 Å². The summed E-state index contributed by atoms with van der Waals surface area (Å²) in [5.41, 5.74) is 0.895. The second-order valence-electron chi connectivity index (χ2n) is 4.62. The summed E-state index contributed by atoms with van der Waals surface area (Å²) in [6.45, 7) is 2.59. The van der Waals surface area contributed by atoms with Crippen molar-refractivity contribution in [3.8, 4) is 11.9 Å². The number of hydrogen-bond donors (Lipinski definition) is 0. The van der Waals surface area contributed by atoms with Crippen molar-refractivity contribution in [1.29, 1.82) is 0 Å². The number of nitrogens with zero attached hydrogens (tertiary/aromatic N) is 4. The predicted molar refractivity (Wildman–Crippen MR) is 75.5 cm³/mol. The lowest BCUT2D eigenvalue weighted by Gasteiger charge is -2.23. The Bertz CT molecular complexity index is 703. The van der Waals surface area contributed by atoms with Crippen LogP contribution in [0.15, 0.2) is 22.9 Å². The summed E-state index contributed by atoms with van der Waals surface area (Å²) in [5, 5.41) is 10.7. The summed E-state index contributed by atoms with van der Waals surface area (Å²) >= 11 is 3.34. The molecule has 1 aliphatic rings. The molecule has 0 saturated heterocycles. The Hall–Kier alpha value is -2.16. The molecule has 0 saturated carbocycles. The lowest BCUT2D eigenvalue weighted by molar-refractivity contribution is -0.389. The monoisotopic (exact) mass is 354 g/mol. The average molecular weight is 355 g/mol. The van der Waals surface area contributed by atoms with E-state index >= 15 is 0 Å². The highest BCUT2D eigenvalue weighted by atomic mass is 79.9. The predicted octanol–water partition coefficient (Wildman–Crippen LogP) is 2.10. The molecule has 2 aromatic rings. The van der Waals surface area contributed by atoms with Crippen molar-refractivity contribution < 1.29 is 14.4 Å². The smallest absolute Gasteiger partial charge is 0.414 e. The van der Waals surface area contributed by atoms with Gasteiger partial charge in [-0.1, -0.05) is 0 Å². The highest BCUT2D eigenvalue weighted by molar-refractivity contribution is 9.10. The van der Waals surface area contributed by atoms with E-state index < -0.39 is 4.92 Å². The first-order valence-corrected chi connectivity index (χ1v) is 6.95. The molecule has 0 aromatic carbocycles. The van der Waals surface area contributed by atoms with Gasteiger partial charge in [0.15, 0.2) is 6.10 Å². The van der Waals surface area contributed by atoms with E-state index in [1.165, 1.54) is 6.20 Å². The fourth-order valence-electron chi connectivity index (χ4n) is 2.04. The Labute approximate surface area is 128 Å². The molecule has 3 rings (SSSR count). The molecule has 0 fully saturated rings. The van der Waals surface area contributed by atoms with Gasteiger partial charge in [0.1, 0.15) is 12.8 Å². The van der Waals surface area contributed by atoms with Crippen molar-refractivity contribution in [3.63, 3.8) is 0 Å². The molecule has 0 radical (unpaired) electrons. The van der Waals surface area contributed by atoms with E-state index in [1.54, 1.807) is 10.8 Å². The zero-order chi connectivity index (χ0) is 15.0. The fraction of sp³-hybridized carbons (Fsp3) is 0.333. The van der Waals surface area contributed by atoms with Gasteiger partial charge in [0.2, 0.25) is 5.88 Å². The summed E-state index contributed by atoms with van der Waals surface area (Å²) in [6, 6.07) is 2.14. The van der Waals surface area contributed by atoms with Gasteiger partial charge in [0, 0.05) is 21.2 Å². The molecule has 0 aliphatic carbocycles. The number of nitro groups is 1. The van der Waals surface area contributed by atoms with E-state index in [9.17, 15) is 10.1 Å². The van der Waals surface area contributed by atoms with Crippen LogP contribution in [0.2, 0.25) is 0 Å². The summed E-state index contributed by atoms with van der Waals surface area (Å²) in [6.07, 6.45) is 2.71. The number of imidazole rings is 1. The number of fused-ring (bicyclic) bond motifs is 1. The summed E-state index contributed by atoms with van der Waals surface area (Å²) < 4.78 is 13.6. The van der Waals surface area contributed by atoms with E-state index in [0.717, 1.165) is 10.0 Å². The van der Waals surface area contributed by atoms with E-state index in [4.69, 9.17) is 9.47 Å². The Morgan fingerprint density at radius 2 is 2.43 bits per heavy atom. The lowest BCUT2D eigenvalue weighted by atomic mass is 10.3. The van der Waals surface area contributed by atoms with Crippen molar-refractivity contribution in [3.05, 3.63) is 38.6 Å². The third-order valence-corrected chi connectivity index (χ3v) is 3.42. The van der Waals surface area contributed by atoms with Crippen LogP contribution in [0.3, 0.4) is 0 Å². The van der Waals surface area contributed by atoms with E-state index in [2.05, 4.69) is 25.9 Å². The first-order chi connectivity index (χ1) is 10.0. The molecule has 0 unspecified atom stereocenters. The molecule has 2 aromatic heterocycles. The summed E-state index contributed by atoms with van der Waals surface area (Å²) in [7, 11) is 0. The molecule has 1 atom stereocenters. The second kappa shape index (κ2) is 5.32. The van der Waals surface area contributed by atoms with Gasteiger partial charge in [-0.3, -0.25) is 4.57 Å². The van der Waals surface area contributed by atoms with Crippen LogP contribution in [0.5, 0.6) is 11.9 Å². The zero-order valence-corrected chi connectivity index (χ0v) is 12.6. The Balaban J connectivity index is 1.75. The number of hydrogen-bond acceptors (Lipinski definition) is 6. The van der Waals surface area contributed by atoms with Crippen molar-refractivity contribution in [1.82, 2.24) is 14.5 Å². The maximum atomic E-state index is 10.7. The first-order valence-electron chi connectivity index (χ1n) is 6.16. The van der Waals surface area contributed by atoms with Gasteiger partial charge < -0.3 is 19.6 Å². The molecule has 0 bridgehead atoms. The van der Waals surface area contributed by atoms with Crippen molar-refractivity contribution in [2.75, 3.05) is 6.61 Å². The Morgan fingerprint density at radius 1 is 1.62 bits per heavy atom. The Kier molecular flexibility index (Phi) is 3.50. The highest BCUT2D eigenvalue weighted by Crippen LogP contribution is 2.25. The number of halogens is 1. The van der Waals surface area contributed by atoms with E-state index in [1.807, 2.05) is 13.0 Å². The largest absolute Gasteiger partial charge is 0.469 e. The number of pyridine rings is 1. The van der Waals surface area contributed by atoms with Gasteiger partial charge in [-0.15, -0.1) is 0 Å². The van der Waals surface area contributed by atoms with Gasteiger partial charge in [-0.05, 0) is 33.8 Å². The maximum absolute atomic E-state index is 10.7. The molecule has 0 spiro atoms. The van der Waals surface area contributed by atoms with Gasteiger partial charge in [0.05, 0.1) is 6.54 Å². The molecule has 0 N–H and O–H groups in total. The number of aromatic nitrogens is 3. The van der Waals surface area contributed by atoms with Crippen LogP contribution in [-0.2, 0) is 6.54 Å².